The molecule has 0 saturated carbocycles. The van der Waals surface area contributed by atoms with E-state index >= 15 is 0 Å². The van der Waals surface area contributed by atoms with Crippen LogP contribution in [0.5, 0.6) is 0 Å². The summed E-state index contributed by atoms with van der Waals surface area (Å²) < 4.78 is 0. The van der Waals surface area contributed by atoms with Crippen LogP contribution in [0.25, 0.3) is 0 Å². The van der Waals surface area contributed by atoms with Gasteiger partial charge in [-0.05, 0) is 50.2 Å². The molecule has 0 saturated heterocycles. The summed E-state index contributed by atoms with van der Waals surface area (Å²) in [4.78, 5) is 11.1. The second-order valence-corrected chi connectivity index (χ2v) is 5.44. The molecular formula is C14H18O2. The average molecular weight is 218 g/mol. The lowest BCUT2D eigenvalue weighted by Gasteiger charge is -2.22. The monoisotopic (exact) mass is 218 g/mol. The maximum atomic E-state index is 11.1. The number of benzene rings is 1. The Bertz CT molecular complexity index is 382. The molecule has 0 fully saturated rings. The van der Waals surface area contributed by atoms with Crippen molar-refractivity contribution in [2.75, 3.05) is 0 Å². The zero-order valence-corrected chi connectivity index (χ0v) is 9.86. The van der Waals surface area contributed by atoms with Gasteiger partial charge in [0.1, 0.15) is 0 Å². The number of carboxylic acid groups (broad SMARTS) is 1. The Balaban J connectivity index is 2.05. The molecule has 2 rings (SSSR count). The van der Waals surface area contributed by atoms with Crippen molar-refractivity contribution in [2.24, 2.45) is 11.3 Å². The standard InChI is InChI=1S/C14H18O2/c1-14(2,13(15)16)9-10-7-11-5-3-4-6-12(11)8-10/h3-6,10H,7-9H2,1-2H3,(H,15,16). The molecule has 0 unspecified atom stereocenters. The van der Waals surface area contributed by atoms with Crippen LogP contribution in [0.15, 0.2) is 24.3 Å². The van der Waals surface area contributed by atoms with E-state index in [1.165, 1.54) is 11.1 Å². The van der Waals surface area contributed by atoms with E-state index in [1.807, 2.05) is 13.8 Å². The van der Waals surface area contributed by atoms with Gasteiger partial charge in [0, 0.05) is 0 Å². The molecule has 0 spiro atoms. The Labute approximate surface area is 96.3 Å². The molecule has 0 heterocycles. The van der Waals surface area contributed by atoms with Crippen LogP contribution in [0.2, 0.25) is 0 Å². The SMILES string of the molecule is CC(C)(CC1Cc2ccccc2C1)C(=O)O. The Morgan fingerprint density at radius 3 is 2.25 bits per heavy atom. The molecule has 2 nitrogen and oxygen atoms in total. The molecule has 1 aliphatic carbocycles. The second-order valence-electron chi connectivity index (χ2n) is 5.44. The Morgan fingerprint density at radius 2 is 1.81 bits per heavy atom. The molecule has 86 valence electrons. The predicted octanol–water partition coefficient (Wildman–Crippen LogP) is 2.90. The quantitative estimate of drug-likeness (QED) is 0.847. The largest absolute Gasteiger partial charge is 0.481 e. The highest BCUT2D eigenvalue weighted by Crippen LogP contribution is 2.35. The highest BCUT2D eigenvalue weighted by molar-refractivity contribution is 5.73. The van der Waals surface area contributed by atoms with E-state index in [0.29, 0.717) is 5.92 Å². The smallest absolute Gasteiger partial charge is 0.309 e. The third-order valence-electron chi connectivity index (χ3n) is 3.51. The summed E-state index contributed by atoms with van der Waals surface area (Å²) in [6.45, 7) is 3.64. The van der Waals surface area contributed by atoms with Gasteiger partial charge in [0.05, 0.1) is 5.41 Å². The minimum Gasteiger partial charge on any atom is -0.481 e. The van der Waals surface area contributed by atoms with Crippen LogP contribution in [-0.4, -0.2) is 11.1 Å². The van der Waals surface area contributed by atoms with Crippen LogP contribution in [0.4, 0.5) is 0 Å². The van der Waals surface area contributed by atoms with Gasteiger partial charge in [0.2, 0.25) is 0 Å². The van der Waals surface area contributed by atoms with Gasteiger partial charge in [-0.1, -0.05) is 24.3 Å². The van der Waals surface area contributed by atoms with Gasteiger partial charge in [-0.3, -0.25) is 4.79 Å². The van der Waals surface area contributed by atoms with E-state index in [9.17, 15) is 4.79 Å². The van der Waals surface area contributed by atoms with Crippen LogP contribution in [0.3, 0.4) is 0 Å². The highest BCUT2D eigenvalue weighted by atomic mass is 16.4. The first-order chi connectivity index (χ1) is 7.49. The Kier molecular flexibility index (Phi) is 2.75. The Morgan fingerprint density at radius 1 is 1.31 bits per heavy atom. The summed E-state index contributed by atoms with van der Waals surface area (Å²) in [5, 5.41) is 9.12. The minimum absolute atomic E-state index is 0.489. The van der Waals surface area contributed by atoms with Crippen LogP contribution in [0, 0.1) is 11.3 Å². The molecule has 0 amide bonds. The van der Waals surface area contributed by atoms with Crippen LogP contribution in [0.1, 0.15) is 31.4 Å². The summed E-state index contributed by atoms with van der Waals surface area (Å²) in [6.07, 6.45) is 2.83. The lowest BCUT2D eigenvalue weighted by molar-refractivity contribution is -0.147. The van der Waals surface area contributed by atoms with E-state index in [-0.39, 0.29) is 0 Å². The van der Waals surface area contributed by atoms with E-state index in [1.54, 1.807) is 0 Å². The summed E-state index contributed by atoms with van der Waals surface area (Å²) in [6, 6.07) is 8.43. The summed E-state index contributed by atoms with van der Waals surface area (Å²) >= 11 is 0. The number of carboxylic acids is 1. The molecule has 0 aromatic heterocycles. The maximum absolute atomic E-state index is 11.1. The van der Waals surface area contributed by atoms with E-state index in [4.69, 9.17) is 5.11 Å². The molecule has 1 aromatic carbocycles. The third kappa shape index (κ3) is 2.11. The zero-order valence-electron chi connectivity index (χ0n) is 9.86. The number of fused-ring (bicyclic) bond motifs is 1. The van der Waals surface area contributed by atoms with Crippen LogP contribution < -0.4 is 0 Å². The van der Waals surface area contributed by atoms with Crippen molar-refractivity contribution < 1.29 is 9.90 Å². The van der Waals surface area contributed by atoms with E-state index in [0.717, 1.165) is 19.3 Å². The van der Waals surface area contributed by atoms with Gasteiger partial charge in [0.15, 0.2) is 0 Å². The first kappa shape index (κ1) is 11.2. The van der Waals surface area contributed by atoms with E-state index in [2.05, 4.69) is 24.3 Å². The van der Waals surface area contributed by atoms with E-state index < -0.39 is 11.4 Å². The van der Waals surface area contributed by atoms with Gasteiger partial charge in [-0.25, -0.2) is 0 Å². The van der Waals surface area contributed by atoms with Gasteiger partial charge in [-0.2, -0.15) is 0 Å². The Hall–Kier alpha value is -1.31. The molecular weight excluding hydrogens is 200 g/mol. The third-order valence-corrected chi connectivity index (χ3v) is 3.51. The molecule has 0 bridgehead atoms. The van der Waals surface area contributed by atoms with Crippen molar-refractivity contribution in [1.82, 2.24) is 0 Å². The maximum Gasteiger partial charge on any atom is 0.309 e. The number of hydrogen-bond acceptors (Lipinski definition) is 1. The summed E-state index contributed by atoms with van der Waals surface area (Å²) in [7, 11) is 0. The summed E-state index contributed by atoms with van der Waals surface area (Å²) in [5.41, 5.74) is 2.19. The van der Waals surface area contributed by atoms with Crippen molar-refractivity contribution in [3.63, 3.8) is 0 Å². The number of rotatable bonds is 3. The average Bonchev–Trinajstić information content (AvgIpc) is 2.58. The van der Waals surface area contributed by atoms with Gasteiger partial charge < -0.3 is 5.11 Å². The fourth-order valence-electron chi connectivity index (χ4n) is 2.60. The number of hydrogen-bond donors (Lipinski definition) is 1. The zero-order chi connectivity index (χ0) is 11.8. The molecule has 2 heteroatoms. The minimum atomic E-state index is -0.691. The molecule has 1 N–H and O–H groups in total. The number of carbonyl (C=O) groups is 1. The topological polar surface area (TPSA) is 37.3 Å². The van der Waals surface area contributed by atoms with Crippen molar-refractivity contribution in [1.29, 1.82) is 0 Å². The predicted molar refractivity (Wildman–Crippen MR) is 63.4 cm³/mol. The lowest BCUT2D eigenvalue weighted by atomic mass is 9.82. The normalized spacial score (nSPS) is 16.1. The second kappa shape index (κ2) is 3.93. The fourth-order valence-corrected chi connectivity index (χ4v) is 2.60. The van der Waals surface area contributed by atoms with Crippen molar-refractivity contribution in [3.8, 4) is 0 Å². The van der Waals surface area contributed by atoms with Crippen LogP contribution in [-0.2, 0) is 17.6 Å². The van der Waals surface area contributed by atoms with Crippen molar-refractivity contribution >= 4 is 5.97 Å². The van der Waals surface area contributed by atoms with Crippen LogP contribution >= 0.6 is 0 Å². The molecule has 0 radical (unpaired) electrons. The molecule has 16 heavy (non-hydrogen) atoms. The molecule has 0 atom stereocenters. The fraction of sp³-hybridized carbons (Fsp3) is 0.500. The van der Waals surface area contributed by atoms with Gasteiger partial charge in [-0.15, -0.1) is 0 Å². The molecule has 1 aliphatic rings. The van der Waals surface area contributed by atoms with Crippen molar-refractivity contribution in [3.05, 3.63) is 35.4 Å². The number of aliphatic carboxylic acids is 1. The molecule has 0 aliphatic heterocycles. The van der Waals surface area contributed by atoms with Gasteiger partial charge >= 0.3 is 5.97 Å². The lowest BCUT2D eigenvalue weighted by Crippen LogP contribution is -2.27. The first-order valence-corrected chi connectivity index (χ1v) is 5.79. The highest BCUT2D eigenvalue weighted by Gasteiger charge is 2.33. The van der Waals surface area contributed by atoms with Crippen molar-refractivity contribution in [2.45, 2.75) is 33.1 Å². The summed E-state index contributed by atoms with van der Waals surface area (Å²) in [5.74, 6) is -0.202. The first-order valence-electron chi connectivity index (χ1n) is 5.79. The van der Waals surface area contributed by atoms with Gasteiger partial charge in [0.25, 0.3) is 0 Å². The molecule has 1 aromatic rings.